The monoisotopic (exact) mass is 282 g/mol. The number of ether oxygens (including phenoxy) is 1. The van der Waals surface area contributed by atoms with Crippen LogP contribution in [-0.4, -0.2) is 54.9 Å². The summed E-state index contributed by atoms with van der Waals surface area (Å²) >= 11 is 0. The second kappa shape index (κ2) is 7.78. The van der Waals surface area contributed by atoms with Crippen LogP contribution in [-0.2, 0) is 11.3 Å². The van der Waals surface area contributed by atoms with E-state index in [1.54, 1.807) is 6.26 Å². The third-order valence-corrected chi connectivity index (χ3v) is 3.77. The number of rotatable bonds is 10. The molecule has 1 aromatic heterocycles. The molecule has 0 spiro atoms. The molecule has 1 aromatic rings. The molecule has 0 aromatic carbocycles. The van der Waals surface area contributed by atoms with Crippen molar-refractivity contribution in [2.24, 2.45) is 0 Å². The fourth-order valence-corrected chi connectivity index (χ4v) is 2.19. The molecule has 2 atom stereocenters. The first-order chi connectivity index (χ1) is 9.66. The zero-order valence-corrected chi connectivity index (χ0v) is 12.4. The van der Waals surface area contributed by atoms with Crippen LogP contribution in [0.5, 0.6) is 0 Å². The van der Waals surface area contributed by atoms with E-state index in [1.807, 2.05) is 12.1 Å². The van der Waals surface area contributed by atoms with E-state index in [2.05, 4.69) is 24.2 Å². The molecule has 0 saturated heterocycles. The van der Waals surface area contributed by atoms with Gasteiger partial charge in [-0.1, -0.05) is 0 Å². The summed E-state index contributed by atoms with van der Waals surface area (Å²) < 4.78 is 10.6. The Morgan fingerprint density at radius 1 is 1.50 bits per heavy atom. The average molecular weight is 282 g/mol. The molecule has 1 fully saturated rings. The molecule has 0 amide bonds. The minimum absolute atomic E-state index is 0.320. The van der Waals surface area contributed by atoms with Gasteiger partial charge in [0.15, 0.2) is 0 Å². The van der Waals surface area contributed by atoms with Crippen molar-refractivity contribution in [2.45, 2.75) is 44.6 Å². The number of hydrogen-bond acceptors (Lipinski definition) is 5. The van der Waals surface area contributed by atoms with Gasteiger partial charge in [0, 0.05) is 25.2 Å². The lowest BCUT2D eigenvalue weighted by Crippen LogP contribution is -2.41. The van der Waals surface area contributed by atoms with Gasteiger partial charge >= 0.3 is 0 Å². The Bertz CT molecular complexity index is 365. The standard InChI is InChI=1S/C15H26N2O3/c1-12(17(2)13-5-6-13)8-16-9-14(18)10-19-11-15-4-3-7-20-15/h3-4,7,12-14,16,18H,5-6,8-11H2,1-2H3. The van der Waals surface area contributed by atoms with Gasteiger partial charge in [-0.2, -0.15) is 0 Å². The second-order valence-corrected chi connectivity index (χ2v) is 5.65. The summed E-state index contributed by atoms with van der Waals surface area (Å²) in [6.07, 6.45) is 3.78. The second-order valence-electron chi connectivity index (χ2n) is 5.65. The van der Waals surface area contributed by atoms with Gasteiger partial charge in [-0.15, -0.1) is 0 Å². The van der Waals surface area contributed by atoms with Crippen molar-refractivity contribution in [3.05, 3.63) is 24.2 Å². The average Bonchev–Trinajstić information content (AvgIpc) is 3.15. The summed E-state index contributed by atoms with van der Waals surface area (Å²) in [7, 11) is 2.17. The highest BCUT2D eigenvalue weighted by atomic mass is 16.5. The molecule has 5 heteroatoms. The molecular formula is C15H26N2O3. The van der Waals surface area contributed by atoms with Crippen LogP contribution in [0.25, 0.3) is 0 Å². The predicted molar refractivity (Wildman–Crippen MR) is 77.5 cm³/mol. The van der Waals surface area contributed by atoms with Crippen LogP contribution in [0.2, 0.25) is 0 Å². The van der Waals surface area contributed by atoms with Crippen molar-refractivity contribution in [1.82, 2.24) is 10.2 Å². The van der Waals surface area contributed by atoms with Crippen LogP contribution in [0.1, 0.15) is 25.5 Å². The van der Waals surface area contributed by atoms with Gasteiger partial charge in [0.25, 0.3) is 0 Å². The Kier molecular flexibility index (Phi) is 6.04. The van der Waals surface area contributed by atoms with Gasteiger partial charge in [0.05, 0.1) is 19.0 Å². The van der Waals surface area contributed by atoms with Crippen molar-refractivity contribution >= 4 is 0 Å². The number of furan rings is 1. The quantitative estimate of drug-likeness (QED) is 0.676. The smallest absolute Gasteiger partial charge is 0.129 e. The number of hydrogen-bond donors (Lipinski definition) is 2. The maximum Gasteiger partial charge on any atom is 0.129 e. The minimum Gasteiger partial charge on any atom is -0.467 e. The van der Waals surface area contributed by atoms with Crippen molar-refractivity contribution in [3.63, 3.8) is 0 Å². The van der Waals surface area contributed by atoms with E-state index >= 15 is 0 Å². The normalized spacial score (nSPS) is 18.4. The van der Waals surface area contributed by atoms with Crippen molar-refractivity contribution < 1.29 is 14.3 Å². The van der Waals surface area contributed by atoms with Crippen LogP contribution < -0.4 is 5.32 Å². The topological polar surface area (TPSA) is 57.9 Å². The zero-order valence-electron chi connectivity index (χ0n) is 12.4. The molecule has 1 aliphatic rings. The maximum absolute atomic E-state index is 9.82. The van der Waals surface area contributed by atoms with Crippen molar-refractivity contribution in [1.29, 1.82) is 0 Å². The molecule has 0 radical (unpaired) electrons. The Labute approximate surface area is 120 Å². The highest BCUT2D eigenvalue weighted by molar-refractivity contribution is 4.96. The van der Waals surface area contributed by atoms with Gasteiger partial charge in [-0.05, 0) is 38.9 Å². The lowest BCUT2D eigenvalue weighted by Gasteiger charge is -2.25. The summed E-state index contributed by atoms with van der Waals surface area (Å²) in [6.45, 7) is 4.39. The van der Waals surface area contributed by atoms with E-state index in [-0.39, 0.29) is 0 Å². The fraction of sp³-hybridized carbons (Fsp3) is 0.733. The summed E-state index contributed by atoms with van der Waals surface area (Å²) in [4.78, 5) is 2.41. The summed E-state index contributed by atoms with van der Waals surface area (Å²) in [6, 6.07) is 4.96. The van der Waals surface area contributed by atoms with Crippen LogP contribution in [0.3, 0.4) is 0 Å². The molecule has 2 unspecified atom stereocenters. The van der Waals surface area contributed by atoms with Gasteiger partial charge in [-0.3, -0.25) is 4.90 Å². The Morgan fingerprint density at radius 2 is 2.30 bits per heavy atom. The summed E-state index contributed by atoms with van der Waals surface area (Å²) in [5, 5.41) is 13.1. The molecule has 114 valence electrons. The van der Waals surface area contributed by atoms with E-state index in [0.717, 1.165) is 18.3 Å². The molecule has 1 saturated carbocycles. The molecule has 5 nitrogen and oxygen atoms in total. The number of nitrogens with one attached hydrogen (secondary N) is 1. The van der Waals surface area contributed by atoms with Gasteiger partial charge in [0.2, 0.25) is 0 Å². The molecule has 1 aliphatic carbocycles. The largest absolute Gasteiger partial charge is 0.467 e. The first-order valence-corrected chi connectivity index (χ1v) is 7.37. The van der Waals surface area contributed by atoms with E-state index in [9.17, 15) is 5.11 Å². The van der Waals surface area contributed by atoms with Crippen LogP contribution in [0.15, 0.2) is 22.8 Å². The zero-order chi connectivity index (χ0) is 14.4. The van der Waals surface area contributed by atoms with Crippen LogP contribution >= 0.6 is 0 Å². The van der Waals surface area contributed by atoms with Gasteiger partial charge < -0.3 is 19.6 Å². The van der Waals surface area contributed by atoms with Crippen molar-refractivity contribution in [2.75, 3.05) is 26.7 Å². The third kappa shape index (κ3) is 5.25. The van der Waals surface area contributed by atoms with Gasteiger partial charge in [0.1, 0.15) is 12.4 Å². The number of likely N-dealkylation sites (N-methyl/N-ethyl adjacent to an activating group) is 1. The Balaban J connectivity index is 1.50. The molecule has 0 bridgehead atoms. The molecule has 20 heavy (non-hydrogen) atoms. The van der Waals surface area contributed by atoms with E-state index in [4.69, 9.17) is 9.15 Å². The summed E-state index contributed by atoms with van der Waals surface area (Å²) in [5.41, 5.74) is 0. The third-order valence-electron chi connectivity index (χ3n) is 3.77. The highest BCUT2D eigenvalue weighted by Gasteiger charge is 2.28. The Morgan fingerprint density at radius 3 is 2.95 bits per heavy atom. The van der Waals surface area contributed by atoms with E-state index in [1.165, 1.54) is 12.8 Å². The lowest BCUT2D eigenvalue weighted by atomic mass is 10.2. The minimum atomic E-state index is -0.483. The fourth-order valence-electron chi connectivity index (χ4n) is 2.19. The van der Waals surface area contributed by atoms with Crippen LogP contribution in [0, 0.1) is 0 Å². The first-order valence-electron chi connectivity index (χ1n) is 7.37. The van der Waals surface area contributed by atoms with Crippen molar-refractivity contribution in [3.8, 4) is 0 Å². The van der Waals surface area contributed by atoms with E-state index in [0.29, 0.717) is 25.8 Å². The molecule has 0 aliphatic heterocycles. The lowest BCUT2D eigenvalue weighted by molar-refractivity contribution is 0.0221. The number of aliphatic hydroxyl groups excluding tert-OH is 1. The van der Waals surface area contributed by atoms with Gasteiger partial charge in [-0.25, -0.2) is 0 Å². The Hall–Kier alpha value is -0.880. The number of nitrogens with zero attached hydrogens (tertiary/aromatic N) is 1. The molecule has 2 rings (SSSR count). The summed E-state index contributed by atoms with van der Waals surface area (Å²) in [5.74, 6) is 0.782. The number of aliphatic hydroxyl groups is 1. The molecule has 1 heterocycles. The maximum atomic E-state index is 9.82. The predicted octanol–water partition coefficient (Wildman–Crippen LogP) is 1.23. The van der Waals surface area contributed by atoms with Crippen LogP contribution in [0.4, 0.5) is 0 Å². The first kappa shape index (κ1) is 15.5. The highest BCUT2D eigenvalue weighted by Crippen LogP contribution is 2.26. The van der Waals surface area contributed by atoms with E-state index < -0.39 is 6.10 Å². The SMILES string of the molecule is CC(CNCC(O)COCc1ccco1)N(C)C1CC1. The molecular weight excluding hydrogens is 256 g/mol. The molecule has 2 N–H and O–H groups in total.